The average molecular weight is 327 g/mol. The van der Waals surface area contributed by atoms with Gasteiger partial charge in [-0.25, -0.2) is 4.98 Å². The number of pyridine rings is 1. The molecule has 0 aliphatic rings. The highest BCUT2D eigenvalue weighted by Crippen LogP contribution is 2.19. The minimum Gasteiger partial charge on any atom is -0.497 e. The molecule has 2 rings (SSSR count). The number of hydrogen-bond donors (Lipinski definition) is 0. The highest BCUT2D eigenvalue weighted by molar-refractivity contribution is 6.02. The third-order valence-electron chi connectivity index (χ3n) is 3.65. The SMILES string of the molecule is COc1cc(C)cc(C(=O)CCC(=O)c2cc(C)nc(OC)c2)c1. The molecule has 0 N–H and O–H groups in total. The first kappa shape index (κ1) is 17.7. The van der Waals surface area contributed by atoms with Crippen molar-refractivity contribution in [3.8, 4) is 11.6 Å². The predicted octanol–water partition coefficient (Wildman–Crippen LogP) is 3.56. The van der Waals surface area contributed by atoms with Crippen molar-refractivity contribution in [1.29, 1.82) is 0 Å². The molecule has 1 aromatic carbocycles. The highest BCUT2D eigenvalue weighted by atomic mass is 16.5. The van der Waals surface area contributed by atoms with Crippen molar-refractivity contribution in [3.05, 3.63) is 52.7 Å². The molecule has 0 bridgehead atoms. The van der Waals surface area contributed by atoms with Crippen LogP contribution in [0.1, 0.15) is 44.8 Å². The summed E-state index contributed by atoms with van der Waals surface area (Å²) in [4.78, 5) is 28.8. The minimum absolute atomic E-state index is 0.0805. The molecule has 5 heteroatoms. The molecule has 0 unspecified atom stereocenters. The number of nitrogens with zero attached hydrogens (tertiary/aromatic N) is 1. The summed E-state index contributed by atoms with van der Waals surface area (Å²) in [6, 6.07) is 8.64. The van der Waals surface area contributed by atoms with Crippen LogP contribution in [0.15, 0.2) is 30.3 Å². The maximum Gasteiger partial charge on any atom is 0.213 e. The van der Waals surface area contributed by atoms with Crippen molar-refractivity contribution < 1.29 is 19.1 Å². The van der Waals surface area contributed by atoms with Gasteiger partial charge in [0.05, 0.1) is 14.2 Å². The van der Waals surface area contributed by atoms with E-state index in [1.54, 1.807) is 38.3 Å². The number of carbonyl (C=O) groups is 2. The molecule has 24 heavy (non-hydrogen) atoms. The van der Waals surface area contributed by atoms with Crippen molar-refractivity contribution in [2.24, 2.45) is 0 Å². The van der Waals surface area contributed by atoms with E-state index in [9.17, 15) is 9.59 Å². The Morgan fingerprint density at radius 2 is 1.50 bits per heavy atom. The van der Waals surface area contributed by atoms with Gasteiger partial charge in [0.2, 0.25) is 5.88 Å². The van der Waals surface area contributed by atoms with Crippen LogP contribution in [0.3, 0.4) is 0 Å². The fourth-order valence-corrected chi connectivity index (χ4v) is 2.45. The smallest absolute Gasteiger partial charge is 0.213 e. The van der Waals surface area contributed by atoms with Gasteiger partial charge in [-0.2, -0.15) is 0 Å². The number of rotatable bonds is 7. The normalized spacial score (nSPS) is 10.3. The van der Waals surface area contributed by atoms with E-state index in [1.807, 2.05) is 13.0 Å². The third kappa shape index (κ3) is 4.41. The molecule has 2 aromatic rings. The maximum absolute atomic E-state index is 12.3. The zero-order valence-corrected chi connectivity index (χ0v) is 14.4. The number of aromatic nitrogens is 1. The molecule has 0 aliphatic carbocycles. The molecular weight excluding hydrogens is 306 g/mol. The Labute approximate surface area is 141 Å². The number of ketones is 2. The summed E-state index contributed by atoms with van der Waals surface area (Å²) in [7, 11) is 3.07. The molecule has 0 aliphatic heterocycles. The largest absolute Gasteiger partial charge is 0.497 e. The summed E-state index contributed by atoms with van der Waals surface area (Å²) in [6.45, 7) is 3.69. The number of ether oxygens (including phenoxy) is 2. The zero-order chi connectivity index (χ0) is 17.7. The Kier molecular flexibility index (Phi) is 5.68. The van der Waals surface area contributed by atoms with Crippen molar-refractivity contribution >= 4 is 11.6 Å². The maximum atomic E-state index is 12.3. The second-order valence-electron chi connectivity index (χ2n) is 5.62. The zero-order valence-electron chi connectivity index (χ0n) is 14.4. The Morgan fingerprint density at radius 3 is 2.08 bits per heavy atom. The average Bonchev–Trinajstić information content (AvgIpc) is 2.57. The van der Waals surface area contributed by atoms with Crippen molar-refractivity contribution in [2.75, 3.05) is 14.2 Å². The first-order valence-corrected chi connectivity index (χ1v) is 7.67. The molecule has 1 aromatic heterocycles. The van der Waals surface area contributed by atoms with Crippen molar-refractivity contribution in [1.82, 2.24) is 4.98 Å². The molecule has 0 amide bonds. The van der Waals surface area contributed by atoms with Gasteiger partial charge in [0, 0.05) is 35.7 Å². The van der Waals surface area contributed by atoms with Crippen LogP contribution in [0.4, 0.5) is 0 Å². The Morgan fingerprint density at radius 1 is 0.875 bits per heavy atom. The standard InChI is InChI=1S/C19H21NO4/c1-12-7-14(10-16(8-12)23-3)17(21)5-6-18(22)15-9-13(2)20-19(11-15)24-4/h7-11H,5-6H2,1-4H3. The van der Waals surface area contributed by atoms with Crippen LogP contribution in [-0.4, -0.2) is 30.8 Å². The van der Waals surface area contributed by atoms with Gasteiger partial charge in [-0.1, -0.05) is 0 Å². The van der Waals surface area contributed by atoms with Crippen molar-refractivity contribution in [3.63, 3.8) is 0 Å². The number of benzene rings is 1. The predicted molar refractivity (Wildman–Crippen MR) is 91.2 cm³/mol. The van der Waals surface area contributed by atoms with Gasteiger partial charge in [0.15, 0.2) is 11.6 Å². The van der Waals surface area contributed by atoms with E-state index >= 15 is 0 Å². The molecular formula is C19H21NO4. The summed E-state index contributed by atoms with van der Waals surface area (Å²) in [5, 5.41) is 0. The second-order valence-corrected chi connectivity index (χ2v) is 5.62. The lowest BCUT2D eigenvalue weighted by atomic mass is 10.0. The molecule has 126 valence electrons. The summed E-state index contributed by atoms with van der Waals surface area (Å²) in [6.07, 6.45) is 0.289. The number of hydrogen-bond acceptors (Lipinski definition) is 5. The molecule has 5 nitrogen and oxygen atoms in total. The Hall–Kier alpha value is -2.69. The quantitative estimate of drug-likeness (QED) is 0.728. The molecule has 1 heterocycles. The van der Waals surface area contributed by atoms with E-state index in [0.717, 1.165) is 5.56 Å². The summed E-state index contributed by atoms with van der Waals surface area (Å²) >= 11 is 0. The lowest BCUT2D eigenvalue weighted by Crippen LogP contribution is -2.07. The number of methoxy groups -OCH3 is 2. The molecule has 0 radical (unpaired) electrons. The monoisotopic (exact) mass is 327 g/mol. The van der Waals surface area contributed by atoms with Crippen LogP contribution < -0.4 is 9.47 Å². The summed E-state index contributed by atoms with van der Waals surface area (Å²) < 4.78 is 10.3. The van der Waals surface area contributed by atoms with Crippen LogP contribution >= 0.6 is 0 Å². The van der Waals surface area contributed by atoms with Crippen LogP contribution in [0, 0.1) is 13.8 Å². The lowest BCUT2D eigenvalue weighted by Gasteiger charge is -2.07. The first-order chi connectivity index (χ1) is 11.4. The Balaban J connectivity index is 2.07. The number of Topliss-reactive ketones (excluding diaryl/α,β-unsaturated/α-hetero) is 2. The van der Waals surface area contributed by atoms with Gasteiger partial charge in [-0.15, -0.1) is 0 Å². The number of aryl methyl sites for hydroxylation is 2. The van der Waals surface area contributed by atoms with Gasteiger partial charge in [-0.3, -0.25) is 9.59 Å². The molecule has 0 atom stereocenters. The highest BCUT2D eigenvalue weighted by Gasteiger charge is 2.14. The van der Waals surface area contributed by atoms with E-state index in [0.29, 0.717) is 28.5 Å². The van der Waals surface area contributed by atoms with Crippen LogP contribution in [0.5, 0.6) is 11.6 Å². The fraction of sp³-hybridized carbons (Fsp3) is 0.316. The first-order valence-electron chi connectivity index (χ1n) is 7.67. The van der Waals surface area contributed by atoms with E-state index in [2.05, 4.69) is 4.98 Å². The molecule has 0 fully saturated rings. The topological polar surface area (TPSA) is 65.5 Å². The van der Waals surface area contributed by atoms with Crippen LogP contribution in [0.2, 0.25) is 0 Å². The lowest BCUT2D eigenvalue weighted by molar-refractivity contribution is 0.0917. The van der Waals surface area contributed by atoms with E-state index in [1.165, 1.54) is 7.11 Å². The van der Waals surface area contributed by atoms with Crippen LogP contribution in [-0.2, 0) is 0 Å². The molecule has 0 spiro atoms. The van der Waals surface area contributed by atoms with Gasteiger partial charge in [0.1, 0.15) is 5.75 Å². The molecule has 0 saturated carbocycles. The minimum atomic E-state index is -0.105. The van der Waals surface area contributed by atoms with Gasteiger partial charge in [0.25, 0.3) is 0 Å². The third-order valence-corrected chi connectivity index (χ3v) is 3.65. The fourth-order valence-electron chi connectivity index (χ4n) is 2.45. The van der Waals surface area contributed by atoms with Gasteiger partial charge < -0.3 is 9.47 Å². The van der Waals surface area contributed by atoms with Crippen molar-refractivity contribution in [2.45, 2.75) is 26.7 Å². The summed E-state index contributed by atoms with van der Waals surface area (Å²) in [5.74, 6) is 0.849. The second kappa shape index (κ2) is 7.73. The van der Waals surface area contributed by atoms with Gasteiger partial charge in [-0.05, 0) is 43.7 Å². The van der Waals surface area contributed by atoms with Gasteiger partial charge >= 0.3 is 0 Å². The number of carbonyl (C=O) groups excluding carboxylic acids is 2. The Bertz CT molecular complexity index is 702. The van der Waals surface area contributed by atoms with E-state index in [-0.39, 0.29) is 24.4 Å². The van der Waals surface area contributed by atoms with Crippen LogP contribution in [0.25, 0.3) is 0 Å². The summed E-state index contributed by atoms with van der Waals surface area (Å²) in [5.41, 5.74) is 2.71. The molecule has 0 saturated heterocycles. The van der Waals surface area contributed by atoms with E-state index < -0.39 is 0 Å². The van der Waals surface area contributed by atoms with E-state index in [4.69, 9.17) is 9.47 Å².